The summed E-state index contributed by atoms with van der Waals surface area (Å²) in [7, 11) is 0. The molecule has 0 amide bonds. The Labute approximate surface area is 79.7 Å². The smallest absolute Gasteiger partial charge is 0.194 e. The number of fused-ring (bicyclic) bond motifs is 1. The van der Waals surface area contributed by atoms with Crippen molar-refractivity contribution in [3.05, 3.63) is 34.6 Å². The fourth-order valence-electron chi connectivity index (χ4n) is 1.89. The Hall–Kier alpha value is -1.03. The molecule has 1 aromatic carbocycles. The van der Waals surface area contributed by atoms with E-state index in [0.717, 1.165) is 12.5 Å². The molecule has 0 spiro atoms. The van der Waals surface area contributed by atoms with Crippen molar-refractivity contribution in [2.45, 2.75) is 25.3 Å². The number of hydrogen-bond donors (Lipinski definition) is 1. The molecule has 76 valence electrons. The molecule has 1 aromatic rings. The monoisotopic (exact) mass is 201 g/mol. The Bertz CT molecular complexity index is 376. The predicted molar refractivity (Wildman–Crippen MR) is 46.2 cm³/mol. The third kappa shape index (κ3) is 1.30. The van der Waals surface area contributed by atoms with Gasteiger partial charge in [0.15, 0.2) is 17.5 Å². The zero-order valence-corrected chi connectivity index (χ0v) is 7.49. The van der Waals surface area contributed by atoms with Crippen LogP contribution in [-0.2, 0) is 6.42 Å². The summed E-state index contributed by atoms with van der Waals surface area (Å²) < 4.78 is 39.0. The van der Waals surface area contributed by atoms with Gasteiger partial charge in [0.2, 0.25) is 0 Å². The zero-order valence-electron chi connectivity index (χ0n) is 7.49. The molecule has 2 rings (SSSR count). The van der Waals surface area contributed by atoms with Crippen LogP contribution in [0.2, 0.25) is 0 Å². The van der Waals surface area contributed by atoms with Gasteiger partial charge in [0.05, 0.1) is 0 Å². The van der Waals surface area contributed by atoms with Crippen LogP contribution in [0.5, 0.6) is 0 Å². The first-order valence-electron chi connectivity index (χ1n) is 4.53. The van der Waals surface area contributed by atoms with Crippen LogP contribution in [0.4, 0.5) is 13.2 Å². The molecule has 0 bridgehead atoms. The van der Waals surface area contributed by atoms with Gasteiger partial charge >= 0.3 is 0 Å². The molecule has 1 nitrogen and oxygen atoms in total. The van der Waals surface area contributed by atoms with E-state index in [0.29, 0.717) is 18.4 Å². The molecule has 0 radical (unpaired) electrons. The second kappa shape index (κ2) is 3.28. The minimum absolute atomic E-state index is 0.239. The largest absolute Gasteiger partial charge is 0.324 e. The van der Waals surface area contributed by atoms with Gasteiger partial charge in [0, 0.05) is 6.04 Å². The summed E-state index contributed by atoms with van der Waals surface area (Å²) >= 11 is 0. The van der Waals surface area contributed by atoms with Crippen LogP contribution in [0.1, 0.15) is 30.0 Å². The third-order valence-corrected chi connectivity index (χ3v) is 2.64. The highest BCUT2D eigenvalue weighted by Crippen LogP contribution is 2.31. The quantitative estimate of drug-likeness (QED) is 0.641. The molecule has 0 saturated carbocycles. The van der Waals surface area contributed by atoms with E-state index in [-0.39, 0.29) is 11.6 Å². The molecule has 1 atom stereocenters. The SMILES string of the molecule is N[C@@H]1CCCc2c1cc(F)c(F)c2F. The number of hydrogen-bond acceptors (Lipinski definition) is 1. The number of nitrogens with two attached hydrogens (primary N) is 1. The number of benzene rings is 1. The number of rotatable bonds is 0. The van der Waals surface area contributed by atoms with E-state index in [1.807, 2.05) is 0 Å². The van der Waals surface area contributed by atoms with Gasteiger partial charge < -0.3 is 5.73 Å². The zero-order chi connectivity index (χ0) is 10.3. The van der Waals surface area contributed by atoms with Crippen LogP contribution in [0, 0.1) is 17.5 Å². The van der Waals surface area contributed by atoms with Gasteiger partial charge in [-0.3, -0.25) is 0 Å². The van der Waals surface area contributed by atoms with E-state index in [9.17, 15) is 13.2 Å². The highest BCUT2D eigenvalue weighted by Gasteiger charge is 2.24. The molecule has 0 saturated heterocycles. The van der Waals surface area contributed by atoms with Crippen molar-refractivity contribution in [1.29, 1.82) is 0 Å². The van der Waals surface area contributed by atoms with Gasteiger partial charge in [-0.15, -0.1) is 0 Å². The van der Waals surface area contributed by atoms with E-state index in [1.165, 1.54) is 0 Å². The average molecular weight is 201 g/mol. The lowest BCUT2D eigenvalue weighted by Gasteiger charge is -2.22. The molecule has 4 heteroatoms. The first-order valence-corrected chi connectivity index (χ1v) is 4.53. The topological polar surface area (TPSA) is 26.0 Å². The Morgan fingerprint density at radius 3 is 2.64 bits per heavy atom. The maximum atomic E-state index is 13.2. The van der Waals surface area contributed by atoms with Gasteiger partial charge in [-0.25, -0.2) is 13.2 Å². The van der Waals surface area contributed by atoms with Gasteiger partial charge in [0.25, 0.3) is 0 Å². The highest BCUT2D eigenvalue weighted by molar-refractivity contribution is 5.34. The summed E-state index contributed by atoms with van der Waals surface area (Å²) in [6, 6.07) is 0.640. The summed E-state index contributed by atoms with van der Waals surface area (Å²) in [4.78, 5) is 0. The second-order valence-electron chi connectivity index (χ2n) is 3.55. The molecule has 14 heavy (non-hydrogen) atoms. The van der Waals surface area contributed by atoms with E-state index in [4.69, 9.17) is 5.73 Å². The highest BCUT2D eigenvalue weighted by atomic mass is 19.2. The Balaban J connectivity index is 2.63. The second-order valence-corrected chi connectivity index (χ2v) is 3.55. The minimum Gasteiger partial charge on any atom is -0.324 e. The van der Waals surface area contributed by atoms with Crippen LogP contribution in [0.3, 0.4) is 0 Å². The lowest BCUT2D eigenvalue weighted by atomic mass is 9.87. The fraction of sp³-hybridized carbons (Fsp3) is 0.400. The molecule has 2 N–H and O–H groups in total. The van der Waals surface area contributed by atoms with Crippen molar-refractivity contribution in [1.82, 2.24) is 0 Å². The maximum Gasteiger partial charge on any atom is 0.194 e. The van der Waals surface area contributed by atoms with Crippen molar-refractivity contribution in [3.63, 3.8) is 0 Å². The van der Waals surface area contributed by atoms with Crippen molar-refractivity contribution in [2.24, 2.45) is 5.73 Å². The van der Waals surface area contributed by atoms with Crippen LogP contribution in [0.15, 0.2) is 6.07 Å². The first-order chi connectivity index (χ1) is 6.61. The van der Waals surface area contributed by atoms with Crippen molar-refractivity contribution in [3.8, 4) is 0 Å². The van der Waals surface area contributed by atoms with Gasteiger partial charge in [-0.1, -0.05) is 0 Å². The molecule has 0 fully saturated rings. The van der Waals surface area contributed by atoms with E-state index < -0.39 is 17.5 Å². The van der Waals surface area contributed by atoms with Crippen molar-refractivity contribution in [2.75, 3.05) is 0 Å². The normalized spacial score (nSPS) is 20.7. The molecular weight excluding hydrogens is 191 g/mol. The first kappa shape index (κ1) is 9.52. The summed E-state index contributed by atoms with van der Waals surface area (Å²) in [6.45, 7) is 0. The summed E-state index contributed by atoms with van der Waals surface area (Å²) in [5.74, 6) is -3.62. The van der Waals surface area contributed by atoms with E-state index >= 15 is 0 Å². The third-order valence-electron chi connectivity index (χ3n) is 2.64. The van der Waals surface area contributed by atoms with Crippen molar-refractivity contribution >= 4 is 0 Å². The summed E-state index contributed by atoms with van der Waals surface area (Å²) in [5.41, 5.74) is 6.33. The lowest BCUT2D eigenvalue weighted by molar-refractivity contribution is 0.426. The molecule has 0 aromatic heterocycles. The molecule has 1 aliphatic rings. The maximum absolute atomic E-state index is 13.2. The number of halogens is 3. The minimum atomic E-state index is -1.39. The Morgan fingerprint density at radius 1 is 1.21 bits per heavy atom. The standard InChI is InChI=1S/C10H10F3N/c11-7-4-6-5(9(12)10(7)13)2-1-3-8(6)14/h4,8H,1-3,14H2/t8-/m1/s1. The Morgan fingerprint density at radius 2 is 1.93 bits per heavy atom. The summed E-state index contributed by atoms with van der Waals surface area (Å²) in [6.07, 6.45) is 1.85. The van der Waals surface area contributed by atoms with Crippen molar-refractivity contribution < 1.29 is 13.2 Å². The van der Waals surface area contributed by atoms with Gasteiger partial charge in [-0.05, 0) is 36.5 Å². The molecular formula is C10H10F3N. The van der Waals surface area contributed by atoms with Crippen LogP contribution >= 0.6 is 0 Å². The van der Waals surface area contributed by atoms with Gasteiger partial charge in [-0.2, -0.15) is 0 Å². The fourth-order valence-corrected chi connectivity index (χ4v) is 1.89. The molecule has 0 aliphatic heterocycles. The molecule has 1 aliphatic carbocycles. The Kier molecular flexibility index (Phi) is 2.23. The molecule has 0 unspecified atom stereocenters. The van der Waals surface area contributed by atoms with E-state index in [1.54, 1.807) is 0 Å². The lowest BCUT2D eigenvalue weighted by Crippen LogP contribution is -2.19. The van der Waals surface area contributed by atoms with Gasteiger partial charge in [0.1, 0.15) is 0 Å². The molecule has 0 heterocycles. The van der Waals surface area contributed by atoms with Crippen LogP contribution < -0.4 is 5.73 Å². The van der Waals surface area contributed by atoms with E-state index in [2.05, 4.69) is 0 Å². The summed E-state index contributed by atoms with van der Waals surface area (Å²) in [5, 5.41) is 0. The average Bonchev–Trinajstić information content (AvgIpc) is 2.17. The van der Waals surface area contributed by atoms with Crippen LogP contribution in [-0.4, -0.2) is 0 Å². The van der Waals surface area contributed by atoms with Crippen LogP contribution in [0.25, 0.3) is 0 Å². The predicted octanol–water partition coefficient (Wildman–Crippen LogP) is 2.44.